The summed E-state index contributed by atoms with van der Waals surface area (Å²) in [5.74, 6) is 0. The summed E-state index contributed by atoms with van der Waals surface area (Å²) >= 11 is 1.25. The summed E-state index contributed by atoms with van der Waals surface area (Å²) < 4.78 is 32.7. The van der Waals surface area contributed by atoms with Crippen LogP contribution in [0.5, 0.6) is 0 Å². The molecule has 2 aromatic heterocycles. The topological polar surface area (TPSA) is 72.0 Å². The van der Waals surface area contributed by atoms with Crippen LogP contribution >= 0.6 is 11.3 Å². The highest BCUT2D eigenvalue weighted by molar-refractivity contribution is 7.91. The summed E-state index contributed by atoms with van der Waals surface area (Å²) in [6, 6.07) is 8.96. The van der Waals surface area contributed by atoms with E-state index in [1.165, 1.54) is 16.2 Å². The molecule has 1 aliphatic heterocycles. The van der Waals surface area contributed by atoms with E-state index in [-0.39, 0.29) is 5.63 Å². The standard InChI is InChI=1S/C20H22N2O4S2/c1-14-10-17-16(12-19(23)26-18(17)11-15(14)2)13-21-5-7-22(8-6-21)28(24,25)20-4-3-9-27-20/h3-4,9-12H,5-8,13H2,1-2H3/p+1. The van der Waals surface area contributed by atoms with Gasteiger partial charge in [0.05, 0.1) is 26.2 Å². The van der Waals surface area contributed by atoms with Gasteiger partial charge in [-0.05, 0) is 48.6 Å². The monoisotopic (exact) mass is 419 g/mol. The fourth-order valence-corrected chi connectivity index (χ4v) is 6.24. The van der Waals surface area contributed by atoms with Crippen molar-refractivity contribution in [3.8, 4) is 0 Å². The molecular formula is C20H23N2O4S2+. The van der Waals surface area contributed by atoms with Crippen LogP contribution in [0.1, 0.15) is 16.7 Å². The van der Waals surface area contributed by atoms with Gasteiger partial charge in [-0.1, -0.05) is 6.07 Å². The second-order valence-corrected chi connectivity index (χ2v) is 10.4. The van der Waals surface area contributed by atoms with Gasteiger partial charge in [0.25, 0.3) is 10.0 Å². The van der Waals surface area contributed by atoms with Crippen molar-refractivity contribution in [2.75, 3.05) is 26.2 Å². The SMILES string of the molecule is Cc1cc2oc(=O)cc(C[NH+]3CCN(S(=O)(=O)c4cccs4)CC3)c2cc1C. The number of aryl methyl sites for hydroxylation is 2. The maximum atomic E-state index is 12.7. The largest absolute Gasteiger partial charge is 0.423 e. The van der Waals surface area contributed by atoms with E-state index in [1.807, 2.05) is 19.9 Å². The third-order valence-electron chi connectivity index (χ3n) is 5.40. The Morgan fingerprint density at radius 1 is 1.14 bits per heavy atom. The van der Waals surface area contributed by atoms with E-state index in [4.69, 9.17) is 4.42 Å². The van der Waals surface area contributed by atoms with Crippen molar-refractivity contribution >= 4 is 32.3 Å². The third-order valence-corrected chi connectivity index (χ3v) is 8.68. The molecule has 1 aliphatic rings. The lowest BCUT2D eigenvalue weighted by Crippen LogP contribution is -3.13. The number of quaternary nitrogens is 1. The summed E-state index contributed by atoms with van der Waals surface area (Å²) in [7, 11) is -3.39. The molecule has 1 fully saturated rings. The zero-order chi connectivity index (χ0) is 19.9. The number of nitrogens with zero attached hydrogens (tertiary/aromatic N) is 1. The predicted octanol–water partition coefficient (Wildman–Crippen LogP) is 1.56. The normalized spacial score (nSPS) is 16.6. The van der Waals surface area contributed by atoms with Gasteiger partial charge in [-0.2, -0.15) is 4.31 Å². The highest BCUT2D eigenvalue weighted by Crippen LogP contribution is 2.22. The van der Waals surface area contributed by atoms with Crippen LogP contribution in [-0.2, 0) is 16.6 Å². The van der Waals surface area contributed by atoms with E-state index < -0.39 is 10.0 Å². The van der Waals surface area contributed by atoms with Crippen LogP contribution in [0.4, 0.5) is 0 Å². The van der Waals surface area contributed by atoms with E-state index in [1.54, 1.807) is 27.9 Å². The molecule has 1 saturated heterocycles. The number of rotatable bonds is 4. The molecule has 0 aliphatic carbocycles. The van der Waals surface area contributed by atoms with Crippen molar-refractivity contribution in [3.63, 3.8) is 0 Å². The Labute approximate surface area is 168 Å². The van der Waals surface area contributed by atoms with Gasteiger partial charge < -0.3 is 9.32 Å². The first-order valence-corrected chi connectivity index (χ1v) is 11.6. The summed E-state index contributed by atoms with van der Waals surface area (Å²) in [4.78, 5) is 13.3. The molecule has 0 spiro atoms. The second kappa shape index (κ2) is 7.44. The molecule has 6 nitrogen and oxygen atoms in total. The molecule has 3 heterocycles. The van der Waals surface area contributed by atoms with Crippen molar-refractivity contribution in [1.29, 1.82) is 0 Å². The summed E-state index contributed by atoms with van der Waals surface area (Å²) in [5, 5.41) is 2.74. The van der Waals surface area contributed by atoms with Crippen LogP contribution in [0.15, 0.2) is 49.1 Å². The van der Waals surface area contributed by atoms with Crippen LogP contribution in [0.2, 0.25) is 0 Å². The molecule has 8 heteroatoms. The molecule has 4 rings (SSSR count). The maximum Gasteiger partial charge on any atom is 0.336 e. The van der Waals surface area contributed by atoms with Crippen molar-refractivity contribution in [1.82, 2.24) is 4.31 Å². The van der Waals surface area contributed by atoms with Crippen LogP contribution in [0.25, 0.3) is 11.0 Å². The van der Waals surface area contributed by atoms with Crippen molar-refractivity contribution < 1.29 is 17.7 Å². The van der Waals surface area contributed by atoms with Crippen LogP contribution in [0.3, 0.4) is 0 Å². The van der Waals surface area contributed by atoms with Crippen LogP contribution in [-0.4, -0.2) is 38.9 Å². The highest BCUT2D eigenvalue weighted by Gasteiger charge is 2.31. The Morgan fingerprint density at radius 2 is 1.86 bits per heavy atom. The summed E-state index contributed by atoms with van der Waals surface area (Å²) in [6.07, 6.45) is 0. The first-order chi connectivity index (χ1) is 13.3. The molecule has 3 aromatic rings. The molecule has 0 radical (unpaired) electrons. The molecule has 0 amide bonds. The van der Waals surface area contributed by atoms with E-state index in [0.29, 0.717) is 42.5 Å². The van der Waals surface area contributed by atoms with Crippen LogP contribution in [0, 0.1) is 13.8 Å². The lowest BCUT2D eigenvalue weighted by Gasteiger charge is -2.31. The maximum absolute atomic E-state index is 12.7. The van der Waals surface area contributed by atoms with Crippen molar-refractivity contribution in [3.05, 3.63) is 62.8 Å². The number of benzene rings is 1. The highest BCUT2D eigenvalue weighted by atomic mass is 32.2. The number of thiophene rings is 1. The smallest absolute Gasteiger partial charge is 0.336 e. The minimum atomic E-state index is -3.39. The number of nitrogens with one attached hydrogen (secondary N) is 1. The van der Waals surface area contributed by atoms with Crippen molar-refractivity contribution in [2.24, 2.45) is 0 Å². The number of hydrogen-bond donors (Lipinski definition) is 1. The van der Waals surface area contributed by atoms with Gasteiger partial charge in [-0.15, -0.1) is 11.3 Å². The fraction of sp³-hybridized carbons (Fsp3) is 0.350. The number of fused-ring (bicyclic) bond motifs is 1. The molecule has 1 aromatic carbocycles. The van der Waals surface area contributed by atoms with E-state index in [9.17, 15) is 13.2 Å². The third kappa shape index (κ3) is 3.65. The first-order valence-electron chi connectivity index (χ1n) is 9.26. The summed E-state index contributed by atoms with van der Waals surface area (Å²) in [6.45, 7) is 7.09. The molecule has 148 valence electrons. The predicted molar refractivity (Wildman–Crippen MR) is 109 cm³/mol. The number of hydrogen-bond acceptors (Lipinski definition) is 5. The quantitative estimate of drug-likeness (QED) is 0.652. The lowest BCUT2D eigenvalue weighted by molar-refractivity contribution is -0.917. The average Bonchev–Trinajstić information content (AvgIpc) is 3.19. The number of piperazine rings is 1. The van der Waals surface area contributed by atoms with Gasteiger partial charge in [0, 0.05) is 17.0 Å². The Balaban J connectivity index is 1.53. The zero-order valence-electron chi connectivity index (χ0n) is 15.9. The summed E-state index contributed by atoms with van der Waals surface area (Å²) in [5.41, 5.74) is 3.48. The zero-order valence-corrected chi connectivity index (χ0v) is 17.5. The van der Waals surface area contributed by atoms with Crippen LogP contribution < -0.4 is 10.5 Å². The van der Waals surface area contributed by atoms with Gasteiger partial charge >= 0.3 is 5.63 Å². The second-order valence-electron chi connectivity index (χ2n) is 7.29. The van der Waals surface area contributed by atoms with E-state index >= 15 is 0 Å². The molecular weight excluding hydrogens is 396 g/mol. The Bertz CT molecular complexity index is 1160. The van der Waals surface area contributed by atoms with Gasteiger partial charge in [-0.3, -0.25) is 0 Å². The Hall–Kier alpha value is -2.00. The molecule has 0 atom stereocenters. The molecule has 28 heavy (non-hydrogen) atoms. The van der Waals surface area contributed by atoms with E-state index in [2.05, 4.69) is 6.07 Å². The van der Waals surface area contributed by atoms with Gasteiger partial charge in [0.2, 0.25) is 0 Å². The molecule has 1 N–H and O–H groups in total. The minimum absolute atomic E-state index is 0.343. The lowest BCUT2D eigenvalue weighted by atomic mass is 10.0. The van der Waals surface area contributed by atoms with Gasteiger partial charge in [0.1, 0.15) is 16.3 Å². The number of sulfonamides is 1. The Kier molecular flexibility index (Phi) is 5.13. The Morgan fingerprint density at radius 3 is 2.54 bits per heavy atom. The fourth-order valence-electron chi connectivity index (χ4n) is 3.66. The molecule has 0 unspecified atom stereocenters. The van der Waals surface area contributed by atoms with Crippen molar-refractivity contribution in [2.45, 2.75) is 24.6 Å². The minimum Gasteiger partial charge on any atom is -0.423 e. The molecule has 0 saturated carbocycles. The molecule has 0 bridgehead atoms. The first kappa shape index (κ1) is 19.3. The van der Waals surface area contributed by atoms with E-state index in [0.717, 1.165) is 22.1 Å². The van der Waals surface area contributed by atoms with Gasteiger partial charge in [-0.25, -0.2) is 13.2 Å². The van der Waals surface area contributed by atoms with Gasteiger partial charge in [0.15, 0.2) is 0 Å². The average molecular weight is 420 g/mol.